The van der Waals surface area contributed by atoms with Crippen LogP contribution in [0.3, 0.4) is 0 Å². The minimum Gasteiger partial charge on any atom is -0.396 e. The molecule has 1 amide bonds. The molecule has 0 aromatic heterocycles. The third-order valence-corrected chi connectivity index (χ3v) is 3.58. The second-order valence-corrected chi connectivity index (χ2v) is 5.22. The van der Waals surface area contributed by atoms with Crippen molar-refractivity contribution in [2.75, 3.05) is 11.1 Å². The highest BCUT2D eigenvalue weighted by Crippen LogP contribution is 2.24. The van der Waals surface area contributed by atoms with Gasteiger partial charge in [0.1, 0.15) is 5.82 Å². The molecule has 0 aliphatic rings. The summed E-state index contributed by atoms with van der Waals surface area (Å²) in [5.41, 5.74) is 7.56. The van der Waals surface area contributed by atoms with Gasteiger partial charge in [0.2, 0.25) is 0 Å². The van der Waals surface area contributed by atoms with Crippen LogP contribution in [0.5, 0.6) is 0 Å². The normalized spacial score (nSPS) is 10.3. The Kier molecular flexibility index (Phi) is 4.39. The lowest BCUT2D eigenvalue weighted by molar-refractivity contribution is 0.102. The lowest BCUT2D eigenvalue weighted by Crippen LogP contribution is -2.13. The number of carbonyl (C=O) groups excluding carboxylic acids is 1. The molecule has 104 valence electrons. The van der Waals surface area contributed by atoms with E-state index in [0.717, 1.165) is 12.0 Å². The summed E-state index contributed by atoms with van der Waals surface area (Å²) in [5.74, 6) is -0.891. The van der Waals surface area contributed by atoms with Gasteiger partial charge >= 0.3 is 0 Å². The number of benzene rings is 2. The summed E-state index contributed by atoms with van der Waals surface area (Å²) < 4.78 is 13.6. The van der Waals surface area contributed by atoms with Gasteiger partial charge in [0.05, 0.1) is 11.3 Å². The number of carbonyl (C=O) groups is 1. The molecule has 0 saturated heterocycles. The lowest BCUT2D eigenvalue weighted by Gasteiger charge is -2.09. The smallest absolute Gasteiger partial charge is 0.256 e. The minimum absolute atomic E-state index is 0.0549. The van der Waals surface area contributed by atoms with Crippen LogP contribution < -0.4 is 11.1 Å². The van der Waals surface area contributed by atoms with Crippen molar-refractivity contribution in [3.63, 3.8) is 0 Å². The average molecular weight is 337 g/mol. The zero-order chi connectivity index (χ0) is 14.7. The molecule has 0 radical (unpaired) electrons. The van der Waals surface area contributed by atoms with Crippen molar-refractivity contribution in [2.24, 2.45) is 0 Å². The van der Waals surface area contributed by atoms with E-state index in [0.29, 0.717) is 15.7 Å². The molecule has 2 rings (SSSR count). The summed E-state index contributed by atoms with van der Waals surface area (Å²) in [6, 6.07) is 10.1. The summed E-state index contributed by atoms with van der Waals surface area (Å²) >= 11 is 3.17. The van der Waals surface area contributed by atoms with Gasteiger partial charge in [-0.2, -0.15) is 0 Å². The number of aryl methyl sites for hydroxylation is 1. The standard InChI is InChI=1S/C15H14BrFN2O/c1-2-9-4-3-5-10(6-9)19-15(20)11-7-14(18)13(17)8-12(11)16/h3-8H,2,18H2,1H3,(H,19,20). The summed E-state index contributed by atoms with van der Waals surface area (Å²) in [4.78, 5) is 12.2. The quantitative estimate of drug-likeness (QED) is 0.832. The number of hydrogen-bond acceptors (Lipinski definition) is 2. The van der Waals surface area contributed by atoms with Gasteiger partial charge in [-0.3, -0.25) is 4.79 Å². The van der Waals surface area contributed by atoms with Crippen molar-refractivity contribution >= 4 is 33.2 Å². The molecule has 2 aromatic rings. The van der Waals surface area contributed by atoms with Gasteiger partial charge in [0, 0.05) is 10.2 Å². The molecule has 20 heavy (non-hydrogen) atoms. The zero-order valence-corrected chi connectivity index (χ0v) is 12.5. The maximum atomic E-state index is 13.3. The van der Waals surface area contributed by atoms with E-state index in [1.54, 1.807) is 6.07 Å². The largest absolute Gasteiger partial charge is 0.396 e. The van der Waals surface area contributed by atoms with E-state index in [1.165, 1.54) is 12.1 Å². The highest BCUT2D eigenvalue weighted by atomic mass is 79.9. The first-order valence-corrected chi connectivity index (χ1v) is 6.95. The molecule has 0 spiro atoms. The van der Waals surface area contributed by atoms with Crippen LogP contribution in [0.1, 0.15) is 22.8 Å². The van der Waals surface area contributed by atoms with Crippen molar-refractivity contribution in [2.45, 2.75) is 13.3 Å². The Balaban J connectivity index is 2.26. The molecule has 5 heteroatoms. The van der Waals surface area contributed by atoms with Crippen LogP contribution in [0, 0.1) is 5.82 Å². The lowest BCUT2D eigenvalue weighted by atomic mass is 10.1. The molecule has 2 aromatic carbocycles. The van der Waals surface area contributed by atoms with Crippen LogP contribution >= 0.6 is 15.9 Å². The van der Waals surface area contributed by atoms with Crippen LogP contribution in [0.25, 0.3) is 0 Å². The number of nitrogens with one attached hydrogen (secondary N) is 1. The molecule has 3 nitrogen and oxygen atoms in total. The van der Waals surface area contributed by atoms with E-state index in [1.807, 2.05) is 25.1 Å². The van der Waals surface area contributed by atoms with Gasteiger partial charge in [-0.15, -0.1) is 0 Å². The van der Waals surface area contributed by atoms with Gasteiger partial charge < -0.3 is 11.1 Å². The summed E-state index contributed by atoms with van der Waals surface area (Å²) in [6.07, 6.45) is 0.886. The Bertz CT molecular complexity index is 658. The number of amides is 1. The van der Waals surface area contributed by atoms with E-state index < -0.39 is 5.82 Å². The van der Waals surface area contributed by atoms with Gasteiger partial charge in [0.15, 0.2) is 0 Å². The van der Waals surface area contributed by atoms with Crippen molar-refractivity contribution < 1.29 is 9.18 Å². The second kappa shape index (κ2) is 6.05. The Morgan fingerprint density at radius 1 is 1.35 bits per heavy atom. The number of halogens is 2. The van der Waals surface area contributed by atoms with Gasteiger partial charge in [0.25, 0.3) is 5.91 Å². The molecular weight excluding hydrogens is 323 g/mol. The number of rotatable bonds is 3. The number of nitrogens with two attached hydrogens (primary N) is 1. The third kappa shape index (κ3) is 3.17. The SMILES string of the molecule is CCc1cccc(NC(=O)c2cc(N)c(F)cc2Br)c1. The molecule has 0 atom stereocenters. The molecule has 0 heterocycles. The monoisotopic (exact) mass is 336 g/mol. The van der Waals surface area contributed by atoms with Gasteiger partial charge in [-0.05, 0) is 52.2 Å². The fraction of sp³-hybridized carbons (Fsp3) is 0.133. The molecule has 0 unspecified atom stereocenters. The maximum Gasteiger partial charge on any atom is 0.256 e. The number of hydrogen-bond donors (Lipinski definition) is 2. The number of nitrogen functional groups attached to an aromatic ring is 1. The van der Waals surface area contributed by atoms with Crippen LogP contribution in [0.2, 0.25) is 0 Å². The van der Waals surface area contributed by atoms with E-state index >= 15 is 0 Å². The Labute approximate surface area is 125 Å². The van der Waals surface area contributed by atoms with Crippen LogP contribution in [0.4, 0.5) is 15.8 Å². The first-order chi connectivity index (χ1) is 9.51. The predicted octanol–water partition coefficient (Wildman–Crippen LogP) is 3.99. The van der Waals surface area contributed by atoms with Crippen molar-refractivity contribution in [1.82, 2.24) is 0 Å². The summed E-state index contributed by atoms with van der Waals surface area (Å²) in [7, 11) is 0. The van der Waals surface area contributed by atoms with E-state index in [9.17, 15) is 9.18 Å². The van der Waals surface area contributed by atoms with E-state index in [4.69, 9.17) is 5.73 Å². The minimum atomic E-state index is -0.554. The fourth-order valence-corrected chi connectivity index (χ4v) is 2.30. The Morgan fingerprint density at radius 2 is 2.10 bits per heavy atom. The van der Waals surface area contributed by atoms with E-state index in [2.05, 4.69) is 21.2 Å². The van der Waals surface area contributed by atoms with Crippen molar-refractivity contribution in [3.8, 4) is 0 Å². The second-order valence-electron chi connectivity index (χ2n) is 4.36. The molecule has 3 N–H and O–H groups in total. The number of anilines is 2. The Hall–Kier alpha value is -1.88. The maximum absolute atomic E-state index is 13.3. The van der Waals surface area contributed by atoms with Crippen LogP contribution in [-0.4, -0.2) is 5.91 Å². The first-order valence-electron chi connectivity index (χ1n) is 6.16. The molecule has 0 bridgehead atoms. The Morgan fingerprint density at radius 3 is 2.80 bits per heavy atom. The van der Waals surface area contributed by atoms with Crippen LogP contribution in [-0.2, 0) is 6.42 Å². The first kappa shape index (κ1) is 14.5. The zero-order valence-electron chi connectivity index (χ0n) is 10.9. The van der Waals surface area contributed by atoms with Crippen molar-refractivity contribution in [3.05, 3.63) is 57.8 Å². The molecule has 0 saturated carbocycles. The molecule has 0 aliphatic heterocycles. The third-order valence-electron chi connectivity index (χ3n) is 2.92. The molecule has 0 fully saturated rings. The predicted molar refractivity (Wildman–Crippen MR) is 82.3 cm³/mol. The fourth-order valence-electron chi connectivity index (χ4n) is 1.81. The summed E-state index contributed by atoms with van der Waals surface area (Å²) in [5, 5.41) is 2.77. The highest BCUT2D eigenvalue weighted by Gasteiger charge is 2.13. The van der Waals surface area contributed by atoms with Crippen molar-refractivity contribution in [1.29, 1.82) is 0 Å². The van der Waals surface area contributed by atoms with Gasteiger partial charge in [-0.1, -0.05) is 19.1 Å². The molecule has 0 aliphatic carbocycles. The topological polar surface area (TPSA) is 55.1 Å². The van der Waals surface area contributed by atoms with E-state index in [-0.39, 0.29) is 11.6 Å². The average Bonchev–Trinajstić information content (AvgIpc) is 2.43. The highest BCUT2D eigenvalue weighted by molar-refractivity contribution is 9.10. The van der Waals surface area contributed by atoms with Gasteiger partial charge in [-0.25, -0.2) is 4.39 Å². The molecular formula is C15H14BrFN2O. The van der Waals surface area contributed by atoms with Crippen LogP contribution in [0.15, 0.2) is 40.9 Å². The summed E-state index contributed by atoms with van der Waals surface area (Å²) in [6.45, 7) is 2.04.